The Morgan fingerprint density at radius 2 is 0.987 bits per heavy atom. The van der Waals surface area contributed by atoms with Crippen molar-refractivity contribution in [2.45, 2.75) is 189 Å². The van der Waals surface area contributed by atoms with E-state index in [0.29, 0.717) is 26.7 Å². The van der Waals surface area contributed by atoms with Crippen molar-refractivity contribution in [2.75, 3.05) is 13.2 Å². The van der Waals surface area contributed by atoms with Crippen molar-refractivity contribution in [3.8, 4) is 0 Å². The molecule has 1 saturated heterocycles. The summed E-state index contributed by atoms with van der Waals surface area (Å²) < 4.78 is 247. The molecule has 442 valence electrons. The molecule has 4 atom stereocenters. The van der Waals surface area contributed by atoms with Gasteiger partial charge in [-0.25, -0.2) is 4.79 Å². The monoisotopic (exact) mass is 1140 g/mol. The highest BCUT2D eigenvalue weighted by molar-refractivity contribution is 5.90. The third-order valence-electron chi connectivity index (χ3n) is 13.7. The number of rotatable bonds is 18. The van der Waals surface area contributed by atoms with Gasteiger partial charge in [0, 0.05) is 18.3 Å². The number of hydrogen-bond acceptors (Lipinski definition) is 13. The van der Waals surface area contributed by atoms with E-state index < -0.39 is 167 Å². The van der Waals surface area contributed by atoms with Gasteiger partial charge in [0.15, 0.2) is 11.5 Å². The predicted molar refractivity (Wildman–Crippen MR) is 224 cm³/mol. The van der Waals surface area contributed by atoms with Crippen LogP contribution in [0.3, 0.4) is 0 Å². The van der Waals surface area contributed by atoms with Crippen LogP contribution in [0.15, 0.2) is 0 Å². The smallest absolute Gasteiger partial charge is 0.462 e. The number of Topliss-reactive ketones (excluding diaryl/α,β-unsaturated/α-hetero) is 1. The molecular formula is C46H61F17O13. The van der Waals surface area contributed by atoms with Crippen molar-refractivity contribution in [1.29, 1.82) is 0 Å². The molecule has 76 heavy (non-hydrogen) atoms. The summed E-state index contributed by atoms with van der Waals surface area (Å²) in [6.45, 7) is 15.4. The molecular weight excluding hydrogens is 1080 g/mol. The number of ketones is 1. The number of alkyl halides is 17. The molecule has 0 radical (unpaired) electrons. The van der Waals surface area contributed by atoms with E-state index in [1.165, 1.54) is 20.8 Å². The lowest BCUT2D eigenvalue weighted by atomic mass is 9.73. The Kier molecular flexibility index (Phi) is 20.9. The number of hydrogen-bond donors (Lipinski definition) is 0. The average molecular weight is 1140 g/mol. The number of carbonyl (C=O) groups excluding carboxylic acids is 7. The summed E-state index contributed by atoms with van der Waals surface area (Å²) in [6.07, 6.45) is -31.1. The molecule has 0 aromatic heterocycles. The molecule has 3 aliphatic rings. The molecule has 0 aromatic carbocycles. The van der Waals surface area contributed by atoms with Crippen molar-refractivity contribution < 1.29 is 137 Å². The quantitative estimate of drug-likeness (QED) is 0.0549. The highest BCUT2D eigenvalue weighted by Crippen LogP contribution is 2.68. The van der Waals surface area contributed by atoms with Crippen LogP contribution in [0, 0.1) is 45.3 Å². The Bertz CT molecular complexity index is 2090. The minimum absolute atomic E-state index is 0.110. The van der Waals surface area contributed by atoms with Gasteiger partial charge < -0.3 is 28.4 Å². The van der Waals surface area contributed by atoms with Crippen LogP contribution in [0.2, 0.25) is 0 Å². The lowest BCUT2D eigenvalue weighted by molar-refractivity contribution is -0.408. The lowest BCUT2D eigenvalue weighted by Crippen LogP contribution is -2.72. The van der Waals surface area contributed by atoms with E-state index in [-0.39, 0.29) is 19.3 Å². The fourth-order valence-corrected chi connectivity index (χ4v) is 7.49. The summed E-state index contributed by atoms with van der Waals surface area (Å²) in [7, 11) is 0. The standard InChI is InChI=1S/C19H22F6O5.C16H24F6O4.C11H15F5O4/c1-4-15(2,3)14(28)30-17-8-16(6-9(10(17)7-16)13(27)29-17)12(26)5-11(18(20,21)22)19(23,24)25;1-8-12(4,5)11(24)26-13(6,7)14(15(17,18)19,16(20,21)22)25-10(23)9(2)3;1-4-9(2,3)7(17)19-5-6-20-8(18)10(12,13)11(14,15)16/h9-11H,4-8H2,1-3H3;9H,8H2,1-7H3;4-6H2,1-3H3. The molecule has 4 unspecified atom stereocenters. The number of halogens is 17. The Balaban J connectivity index is 0.000000583. The Hall–Kier alpha value is -4.70. The second-order valence-corrected chi connectivity index (χ2v) is 21.2. The summed E-state index contributed by atoms with van der Waals surface area (Å²) >= 11 is 0. The van der Waals surface area contributed by atoms with Crippen LogP contribution >= 0.6 is 0 Å². The maximum atomic E-state index is 13.6. The number of ether oxygens (including phenoxy) is 6. The molecule has 0 N–H and O–H groups in total. The summed E-state index contributed by atoms with van der Waals surface area (Å²) in [6, 6.07) is 0. The maximum absolute atomic E-state index is 13.6. The molecule has 2 saturated carbocycles. The predicted octanol–water partition coefficient (Wildman–Crippen LogP) is 11.8. The van der Waals surface area contributed by atoms with E-state index in [4.69, 9.17) is 9.47 Å². The van der Waals surface area contributed by atoms with Crippen LogP contribution in [-0.4, -0.2) is 109 Å². The fraction of sp³-hybridized carbons (Fsp3) is 0.848. The van der Waals surface area contributed by atoms with Gasteiger partial charge in [-0.15, -0.1) is 0 Å². The van der Waals surface area contributed by atoms with Gasteiger partial charge in [-0.1, -0.05) is 34.6 Å². The van der Waals surface area contributed by atoms with Crippen molar-refractivity contribution in [2.24, 2.45) is 45.3 Å². The van der Waals surface area contributed by atoms with E-state index in [1.807, 2.05) is 0 Å². The second kappa shape index (κ2) is 22.9. The molecule has 3 rings (SSSR count). The third kappa shape index (κ3) is 14.9. The number of esters is 6. The van der Waals surface area contributed by atoms with Crippen LogP contribution in [0.5, 0.6) is 0 Å². The first-order chi connectivity index (χ1) is 33.6. The van der Waals surface area contributed by atoms with Crippen LogP contribution in [0.4, 0.5) is 74.6 Å². The summed E-state index contributed by atoms with van der Waals surface area (Å²) in [4.78, 5) is 83.3. The van der Waals surface area contributed by atoms with Gasteiger partial charge >= 0.3 is 78.2 Å². The molecule has 0 aromatic rings. The molecule has 2 bridgehead atoms. The van der Waals surface area contributed by atoms with Crippen molar-refractivity contribution in [3.63, 3.8) is 0 Å². The zero-order valence-corrected chi connectivity index (χ0v) is 43.4. The molecule has 0 amide bonds. The highest BCUT2D eigenvalue weighted by atomic mass is 19.4. The first-order valence-electron chi connectivity index (χ1n) is 23.1. The van der Waals surface area contributed by atoms with Gasteiger partial charge in [0.2, 0.25) is 0 Å². The lowest BCUT2D eigenvalue weighted by Gasteiger charge is -2.46. The van der Waals surface area contributed by atoms with E-state index in [1.54, 1.807) is 41.5 Å². The van der Waals surface area contributed by atoms with E-state index in [2.05, 4.69) is 18.9 Å². The zero-order chi connectivity index (χ0) is 60.5. The summed E-state index contributed by atoms with van der Waals surface area (Å²) in [5.41, 5.74) is -13.0. The van der Waals surface area contributed by atoms with E-state index >= 15 is 0 Å². The van der Waals surface area contributed by atoms with Gasteiger partial charge in [-0.2, -0.15) is 74.6 Å². The van der Waals surface area contributed by atoms with Gasteiger partial charge in [-0.3, -0.25) is 28.8 Å². The average Bonchev–Trinajstić information content (AvgIpc) is 3.83. The van der Waals surface area contributed by atoms with Crippen molar-refractivity contribution >= 4 is 41.6 Å². The number of fused-ring (bicyclic) bond motifs is 1. The van der Waals surface area contributed by atoms with E-state index in [0.717, 1.165) is 13.8 Å². The molecule has 30 heteroatoms. The molecule has 2 aliphatic carbocycles. The molecule has 3 fully saturated rings. The van der Waals surface area contributed by atoms with Gasteiger partial charge in [0.1, 0.15) is 19.0 Å². The Morgan fingerprint density at radius 1 is 0.579 bits per heavy atom. The molecule has 1 aliphatic heterocycles. The van der Waals surface area contributed by atoms with Gasteiger partial charge in [0.25, 0.3) is 5.79 Å². The van der Waals surface area contributed by atoms with E-state index in [9.17, 15) is 108 Å². The first kappa shape index (κ1) is 69.3. The highest BCUT2D eigenvalue weighted by Gasteiger charge is 2.83. The minimum Gasteiger partial charge on any atom is -0.462 e. The summed E-state index contributed by atoms with van der Waals surface area (Å²) in [5, 5.41) is 0. The Labute approximate surface area is 425 Å². The van der Waals surface area contributed by atoms with Crippen LogP contribution in [0.1, 0.15) is 135 Å². The van der Waals surface area contributed by atoms with Gasteiger partial charge in [0.05, 0.1) is 34.0 Å². The summed E-state index contributed by atoms with van der Waals surface area (Å²) in [5.74, 6) is -23.2. The largest absolute Gasteiger partial charge is 0.465 e. The van der Waals surface area contributed by atoms with Crippen LogP contribution < -0.4 is 0 Å². The Morgan fingerprint density at radius 3 is 1.37 bits per heavy atom. The topological polar surface area (TPSA) is 175 Å². The maximum Gasteiger partial charge on any atom is 0.465 e. The van der Waals surface area contributed by atoms with Gasteiger partial charge in [-0.05, 0) is 87.5 Å². The van der Waals surface area contributed by atoms with Crippen LogP contribution in [0.25, 0.3) is 0 Å². The normalized spacial score (nSPS) is 21.4. The molecule has 0 spiro atoms. The SMILES string of the molecule is CCC(C)(C)C(=O)OC(C)(C)C(OC(=O)C(C)C)(C(F)(F)F)C(F)(F)F.CCC(C)(C)C(=O)OC12CC3(C(=O)CC(C(F)(F)F)C(F)(F)F)CC(C(=O)O1)C2C3.CCC(C)(C)C(=O)OCCOC(=O)C(F)(F)C(F)(F)F. The second-order valence-electron chi connectivity index (χ2n) is 21.2. The van der Waals surface area contributed by atoms with Crippen molar-refractivity contribution in [3.05, 3.63) is 0 Å². The minimum atomic E-state index is -6.09. The molecule has 13 nitrogen and oxygen atoms in total. The van der Waals surface area contributed by atoms with Crippen molar-refractivity contribution in [1.82, 2.24) is 0 Å². The fourth-order valence-electron chi connectivity index (χ4n) is 7.49. The number of carbonyl (C=O) groups is 7. The first-order valence-corrected chi connectivity index (χ1v) is 23.1. The third-order valence-corrected chi connectivity index (χ3v) is 13.7. The molecule has 1 heterocycles. The zero-order valence-electron chi connectivity index (χ0n) is 43.4. The van der Waals surface area contributed by atoms with Crippen LogP contribution in [-0.2, 0) is 62.0 Å².